The molecule has 10 heteroatoms. The second-order valence-electron chi connectivity index (χ2n) is 7.94. The normalized spacial score (nSPS) is 15.2. The van der Waals surface area contributed by atoms with Crippen molar-refractivity contribution in [1.29, 1.82) is 0 Å². The Hall–Kier alpha value is -3.08. The van der Waals surface area contributed by atoms with Gasteiger partial charge < -0.3 is 9.88 Å². The van der Waals surface area contributed by atoms with Crippen molar-refractivity contribution in [2.75, 3.05) is 26.2 Å². The summed E-state index contributed by atoms with van der Waals surface area (Å²) in [6.07, 6.45) is 0.994. The lowest BCUT2D eigenvalue weighted by Crippen LogP contribution is -2.50. The zero-order chi connectivity index (χ0) is 22.8. The van der Waals surface area contributed by atoms with E-state index in [4.69, 9.17) is 0 Å². The zero-order valence-corrected chi connectivity index (χ0v) is 19.5. The number of sulfonamides is 1. The molecule has 3 heterocycles. The predicted octanol–water partition coefficient (Wildman–Crippen LogP) is 3.15. The van der Waals surface area contributed by atoms with Gasteiger partial charge in [-0.05, 0) is 36.2 Å². The first-order valence-corrected chi connectivity index (χ1v) is 12.9. The molecular weight excluding hydrogens is 458 g/mol. The molecule has 1 amide bonds. The standard InChI is InChI=1S/C23H23N5O3S2/c29-22(12-10-18-9-11-19(24-18)17-5-2-1-3-6-17)27-13-15-28(16-14-27)33(30,31)21-8-4-7-20-23(21)26-32-25-20/h1-9,11,24H,10,12-16H2. The third-order valence-corrected chi connectivity index (χ3v) is 8.37. The van der Waals surface area contributed by atoms with E-state index in [1.807, 2.05) is 42.5 Å². The van der Waals surface area contributed by atoms with Crippen LogP contribution in [0.25, 0.3) is 22.3 Å². The molecule has 0 saturated carbocycles. The highest BCUT2D eigenvalue weighted by Gasteiger charge is 2.31. The lowest BCUT2D eigenvalue weighted by atomic mass is 10.2. The molecule has 0 atom stereocenters. The summed E-state index contributed by atoms with van der Waals surface area (Å²) < 4.78 is 36.0. The number of nitrogens with zero attached hydrogens (tertiary/aromatic N) is 4. The van der Waals surface area contributed by atoms with Crippen molar-refractivity contribution in [2.45, 2.75) is 17.7 Å². The highest BCUT2D eigenvalue weighted by atomic mass is 32.2. The van der Waals surface area contributed by atoms with E-state index >= 15 is 0 Å². The largest absolute Gasteiger partial charge is 0.358 e. The third kappa shape index (κ3) is 4.41. The maximum absolute atomic E-state index is 13.2. The Labute approximate surface area is 196 Å². The first-order valence-electron chi connectivity index (χ1n) is 10.7. The average Bonchev–Trinajstić information content (AvgIpc) is 3.53. The summed E-state index contributed by atoms with van der Waals surface area (Å²) in [7, 11) is -3.69. The van der Waals surface area contributed by atoms with Crippen LogP contribution in [0.2, 0.25) is 0 Å². The fraction of sp³-hybridized carbons (Fsp3) is 0.261. The van der Waals surface area contributed by atoms with E-state index < -0.39 is 10.0 Å². The van der Waals surface area contributed by atoms with Gasteiger partial charge in [0, 0.05) is 44.0 Å². The van der Waals surface area contributed by atoms with Crippen LogP contribution in [-0.4, -0.2) is 63.4 Å². The number of H-pyrrole nitrogens is 1. The van der Waals surface area contributed by atoms with Gasteiger partial charge in [-0.3, -0.25) is 4.79 Å². The van der Waals surface area contributed by atoms with Crippen LogP contribution < -0.4 is 0 Å². The van der Waals surface area contributed by atoms with Gasteiger partial charge in [0.15, 0.2) is 0 Å². The van der Waals surface area contributed by atoms with Crippen LogP contribution in [0.4, 0.5) is 0 Å². The molecule has 0 radical (unpaired) electrons. The van der Waals surface area contributed by atoms with E-state index in [9.17, 15) is 13.2 Å². The SMILES string of the molecule is O=C(CCc1ccc(-c2ccccc2)[nH]1)N1CCN(S(=O)(=O)c2cccc3nsnc23)CC1. The lowest BCUT2D eigenvalue weighted by Gasteiger charge is -2.34. The number of amides is 1. The number of aromatic amines is 1. The van der Waals surface area contributed by atoms with Gasteiger partial charge in [-0.25, -0.2) is 8.42 Å². The minimum Gasteiger partial charge on any atom is -0.358 e. The van der Waals surface area contributed by atoms with Crippen LogP contribution >= 0.6 is 11.7 Å². The van der Waals surface area contributed by atoms with Crippen LogP contribution in [0.3, 0.4) is 0 Å². The monoisotopic (exact) mass is 481 g/mol. The van der Waals surface area contributed by atoms with Crippen molar-refractivity contribution in [2.24, 2.45) is 0 Å². The van der Waals surface area contributed by atoms with E-state index in [0.717, 1.165) is 28.7 Å². The Morgan fingerprint density at radius 1 is 0.939 bits per heavy atom. The fourth-order valence-corrected chi connectivity index (χ4v) is 6.25. The summed E-state index contributed by atoms with van der Waals surface area (Å²) in [6.45, 7) is 1.29. The molecule has 1 N–H and O–H groups in total. The second kappa shape index (κ2) is 9.05. The molecule has 1 saturated heterocycles. The summed E-state index contributed by atoms with van der Waals surface area (Å²) in [6, 6.07) is 19.1. The van der Waals surface area contributed by atoms with E-state index in [0.29, 0.717) is 37.0 Å². The van der Waals surface area contributed by atoms with Crippen molar-refractivity contribution in [3.05, 3.63) is 66.4 Å². The molecule has 2 aromatic heterocycles. The Kier molecular flexibility index (Phi) is 5.96. The van der Waals surface area contributed by atoms with Crippen molar-refractivity contribution >= 4 is 38.7 Å². The molecule has 0 unspecified atom stereocenters. The fourth-order valence-electron chi connectivity index (χ4n) is 4.08. The van der Waals surface area contributed by atoms with Crippen LogP contribution in [0.1, 0.15) is 12.1 Å². The van der Waals surface area contributed by atoms with Gasteiger partial charge in [-0.2, -0.15) is 13.1 Å². The molecule has 33 heavy (non-hydrogen) atoms. The summed E-state index contributed by atoms with van der Waals surface area (Å²) in [5, 5.41) is 0. The van der Waals surface area contributed by atoms with Gasteiger partial charge in [0.2, 0.25) is 15.9 Å². The molecule has 1 fully saturated rings. The first-order chi connectivity index (χ1) is 16.0. The molecule has 1 aliphatic heterocycles. The van der Waals surface area contributed by atoms with Crippen molar-refractivity contribution in [3.63, 3.8) is 0 Å². The number of rotatable bonds is 6. The van der Waals surface area contributed by atoms with Gasteiger partial charge in [0.25, 0.3) is 0 Å². The van der Waals surface area contributed by atoms with Crippen molar-refractivity contribution in [1.82, 2.24) is 22.9 Å². The van der Waals surface area contributed by atoms with Crippen LogP contribution in [-0.2, 0) is 21.2 Å². The average molecular weight is 482 g/mol. The molecule has 2 aromatic carbocycles. The Bertz CT molecular complexity index is 1370. The number of hydrogen-bond donors (Lipinski definition) is 1. The van der Waals surface area contributed by atoms with Crippen LogP contribution in [0, 0.1) is 0 Å². The first kappa shape index (κ1) is 21.7. The number of nitrogens with one attached hydrogen (secondary N) is 1. The van der Waals surface area contributed by atoms with Gasteiger partial charge >= 0.3 is 0 Å². The topological polar surface area (TPSA) is 99.3 Å². The van der Waals surface area contributed by atoms with Crippen molar-refractivity contribution < 1.29 is 13.2 Å². The molecule has 8 nitrogen and oxygen atoms in total. The summed E-state index contributed by atoms with van der Waals surface area (Å²) in [5.74, 6) is 0.0358. The Balaban J connectivity index is 1.18. The maximum atomic E-state index is 13.2. The van der Waals surface area contributed by atoms with Crippen molar-refractivity contribution in [3.8, 4) is 11.3 Å². The molecular formula is C23H23N5O3S2. The molecule has 5 rings (SSSR count). The molecule has 0 aliphatic carbocycles. The molecule has 1 aliphatic rings. The Morgan fingerprint density at radius 3 is 2.52 bits per heavy atom. The quantitative estimate of drug-likeness (QED) is 0.456. The minimum absolute atomic E-state index is 0.0358. The molecule has 170 valence electrons. The summed E-state index contributed by atoms with van der Waals surface area (Å²) in [5.41, 5.74) is 4.13. The van der Waals surface area contributed by atoms with Gasteiger partial charge in [-0.15, -0.1) is 0 Å². The number of carbonyl (C=O) groups excluding carboxylic acids is 1. The third-order valence-electron chi connectivity index (χ3n) is 5.90. The highest BCUT2D eigenvalue weighted by Crippen LogP contribution is 2.25. The molecule has 4 aromatic rings. The number of piperazine rings is 1. The number of aromatic nitrogens is 3. The number of carbonyl (C=O) groups is 1. The lowest BCUT2D eigenvalue weighted by molar-refractivity contribution is -0.132. The smallest absolute Gasteiger partial charge is 0.245 e. The maximum Gasteiger partial charge on any atom is 0.245 e. The zero-order valence-electron chi connectivity index (χ0n) is 17.8. The number of benzene rings is 2. The van der Waals surface area contributed by atoms with Gasteiger partial charge in [0.1, 0.15) is 15.9 Å². The van der Waals surface area contributed by atoms with Crippen LogP contribution in [0.5, 0.6) is 0 Å². The number of fused-ring (bicyclic) bond motifs is 1. The van der Waals surface area contributed by atoms with E-state index in [1.165, 1.54) is 4.31 Å². The van der Waals surface area contributed by atoms with Crippen LogP contribution in [0.15, 0.2) is 65.6 Å². The molecule has 0 bridgehead atoms. The van der Waals surface area contributed by atoms with Gasteiger partial charge in [-0.1, -0.05) is 36.4 Å². The highest BCUT2D eigenvalue weighted by molar-refractivity contribution is 7.89. The second-order valence-corrected chi connectivity index (χ2v) is 10.4. The minimum atomic E-state index is -3.69. The van der Waals surface area contributed by atoms with E-state index in [-0.39, 0.29) is 23.9 Å². The number of aryl methyl sites for hydroxylation is 1. The summed E-state index contributed by atoms with van der Waals surface area (Å²) >= 11 is 0.999. The predicted molar refractivity (Wildman–Crippen MR) is 127 cm³/mol. The number of hydrogen-bond acceptors (Lipinski definition) is 6. The van der Waals surface area contributed by atoms with Gasteiger partial charge in [0.05, 0.1) is 11.7 Å². The van der Waals surface area contributed by atoms with E-state index in [2.05, 4.69) is 13.7 Å². The van der Waals surface area contributed by atoms with E-state index in [1.54, 1.807) is 23.1 Å². The summed E-state index contributed by atoms with van der Waals surface area (Å²) in [4.78, 5) is 18.0. The Morgan fingerprint density at radius 2 is 1.73 bits per heavy atom. The molecule has 0 spiro atoms.